The Morgan fingerprint density at radius 3 is 2.04 bits per heavy atom. The topological polar surface area (TPSA) is 51.0 Å². The number of hydrogen-bond acceptors (Lipinski definition) is 4. The second-order valence-electron chi connectivity index (χ2n) is 8.72. The normalized spacial score (nSPS) is 12.4. The van der Waals surface area contributed by atoms with E-state index < -0.39 is 0 Å². The summed E-state index contributed by atoms with van der Waals surface area (Å²) in [5.41, 5.74) is 3.44. The molecular weight excluding hydrogens is 338 g/mol. The Balaban J connectivity index is 2.00. The SMILES string of the molecule is CC(C)(C)c1ccc(OCCOc2ccc(C=NO)cc2)c(C(C)(C)C)c1. The second kappa shape index (κ2) is 8.47. The first-order valence-corrected chi connectivity index (χ1v) is 9.29. The zero-order valence-corrected chi connectivity index (χ0v) is 17.2. The van der Waals surface area contributed by atoms with Gasteiger partial charge in [0.05, 0.1) is 6.21 Å². The van der Waals surface area contributed by atoms with Crippen LogP contribution in [-0.4, -0.2) is 24.6 Å². The van der Waals surface area contributed by atoms with E-state index in [0.29, 0.717) is 13.2 Å². The minimum absolute atomic E-state index is 0.00153. The van der Waals surface area contributed by atoms with Crippen molar-refractivity contribution in [3.05, 3.63) is 59.2 Å². The van der Waals surface area contributed by atoms with Gasteiger partial charge in [-0.1, -0.05) is 58.8 Å². The summed E-state index contributed by atoms with van der Waals surface area (Å²) in [5, 5.41) is 11.5. The molecule has 0 atom stereocenters. The van der Waals surface area contributed by atoms with Crippen LogP contribution in [0.2, 0.25) is 0 Å². The second-order valence-corrected chi connectivity index (χ2v) is 8.72. The van der Waals surface area contributed by atoms with E-state index in [2.05, 4.69) is 64.9 Å². The van der Waals surface area contributed by atoms with Crippen molar-refractivity contribution in [3.63, 3.8) is 0 Å². The Kier molecular flexibility index (Phi) is 6.53. The summed E-state index contributed by atoms with van der Waals surface area (Å²) in [4.78, 5) is 0. The monoisotopic (exact) mass is 369 g/mol. The average molecular weight is 370 g/mol. The molecule has 0 aliphatic heterocycles. The molecule has 0 fully saturated rings. The molecule has 0 aromatic heterocycles. The summed E-state index contributed by atoms with van der Waals surface area (Å²) in [5.74, 6) is 1.67. The van der Waals surface area contributed by atoms with Crippen LogP contribution in [0, 0.1) is 0 Å². The molecular formula is C23H31NO3. The molecule has 2 aromatic carbocycles. The molecule has 0 unspecified atom stereocenters. The third-order valence-corrected chi connectivity index (χ3v) is 4.35. The molecule has 2 rings (SSSR count). The van der Waals surface area contributed by atoms with Gasteiger partial charge >= 0.3 is 0 Å². The fraction of sp³-hybridized carbons (Fsp3) is 0.435. The molecule has 2 aromatic rings. The van der Waals surface area contributed by atoms with Crippen LogP contribution in [0.15, 0.2) is 47.6 Å². The van der Waals surface area contributed by atoms with Crippen LogP contribution in [0.4, 0.5) is 0 Å². The van der Waals surface area contributed by atoms with E-state index in [4.69, 9.17) is 14.7 Å². The van der Waals surface area contributed by atoms with Crippen molar-refractivity contribution in [2.75, 3.05) is 13.2 Å². The van der Waals surface area contributed by atoms with E-state index in [1.807, 2.05) is 24.3 Å². The highest BCUT2D eigenvalue weighted by atomic mass is 16.5. The molecule has 0 saturated heterocycles. The molecule has 0 saturated carbocycles. The van der Waals surface area contributed by atoms with E-state index in [9.17, 15) is 0 Å². The number of benzene rings is 2. The summed E-state index contributed by atoms with van der Waals surface area (Å²) in [6.07, 6.45) is 1.38. The molecule has 0 spiro atoms. The molecule has 4 nitrogen and oxygen atoms in total. The zero-order valence-electron chi connectivity index (χ0n) is 17.2. The third-order valence-electron chi connectivity index (χ3n) is 4.35. The number of nitrogens with zero attached hydrogens (tertiary/aromatic N) is 1. The van der Waals surface area contributed by atoms with Crippen molar-refractivity contribution in [1.29, 1.82) is 0 Å². The fourth-order valence-electron chi connectivity index (χ4n) is 2.74. The van der Waals surface area contributed by atoms with Crippen LogP contribution in [0.25, 0.3) is 0 Å². The smallest absolute Gasteiger partial charge is 0.123 e. The Bertz CT molecular complexity index is 766. The number of rotatable bonds is 6. The van der Waals surface area contributed by atoms with E-state index in [1.165, 1.54) is 17.3 Å². The highest BCUT2D eigenvalue weighted by molar-refractivity contribution is 5.79. The predicted octanol–water partition coefficient (Wildman–Crippen LogP) is 5.55. The molecule has 0 radical (unpaired) electrons. The molecule has 0 bridgehead atoms. The van der Waals surface area contributed by atoms with Crippen LogP contribution in [-0.2, 0) is 10.8 Å². The molecule has 0 heterocycles. The van der Waals surface area contributed by atoms with E-state index in [0.717, 1.165) is 17.1 Å². The quantitative estimate of drug-likeness (QED) is 0.314. The van der Waals surface area contributed by atoms with Gasteiger partial charge < -0.3 is 14.7 Å². The maximum Gasteiger partial charge on any atom is 0.123 e. The standard InChI is InChI=1S/C23H31NO3/c1-22(2,3)18-9-12-21(20(15-18)23(4,5)6)27-14-13-26-19-10-7-17(8-11-19)16-24-25/h7-12,15-16,25H,13-14H2,1-6H3. The lowest BCUT2D eigenvalue weighted by molar-refractivity contribution is 0.214. The fourth-order valence-corrected chi connectivity index (χ4v) is 2.74. The van der Waals surface area contributed by atoms with Gasteiger partial charge in [0.2, 0.25) is 0 Å². The van der Waals surface area contributed by atoms with Gasteiger partial charge in [-0.15, -0.1) is 0 Å². The Morgan fingerprint density at radius 2 is 1.48 bits per heavy atom. The van der Waals surface area contributed by atoms with E-state index in [-0.39, 0.29) is 10.8 Å². The number of hydrogen-bond donors (Lipinski definition) is 1. The number of ether oxygens (including phenoxy) is 2. The first-order valence-electron chi connectivity index (χ1n) is 9.29. The first kappa shape index (κ1) is 20.8. The molecule has 146 valence electrons. The molecule has 4 heteroatoms. The van der Waals surface area contributed by atoms with Crippen LogP contribution >= 0.6 is 0 Å². The minimum atomic E-state index is 0.00153. The molecule has 0 aliphatic carbocycles. The first-order chi connectivity index (χ1) is 12.6. The summed E-state index contributed by atoms with van der Waals surface area (Å²) in [6.45, 7) is 14.2. The summed E-state index contributed by atoms with van der Waals surface area (Å²) in [6, 6.07) is 13.8. The Labute approximate surface area is 162 Å². The van der Waals surface area contributed by atoms with Crippen LogP contribution in [0.1, 0.15) is 58.2 Å². The summed E-state index contributed by atoms with van der Waals surface area (Å²) < 4.78 is 11.8. The van der Waals surface area contributed by atoms with Gasteiger partial charge in [0.25, 0.3) is 0 Å². The van der Waals surface area contributed by atoms with Crippen LogP contribution < -0.4 is 9.47 Å². The Morgan fingerprint density at radius 1 is 0.852 bits per heavy atom. The average Bonchev–Trinajstić information content (AvgIpc) is 2.58. The Hall–Kier alpha value is -2.49. The van der Waals surface area contributed by atoms with Crippen molar-refractivity contribution in [3.8, 4) is 11.5 Å². The maximum absolute atomic E-state index is 8.53. The third kappa shape index (κ3) is 6.02. The highest BCUT2D eigenvalue weighted by Crippen LogP contribution is 2.35. The van der Waals surface area contributed by atoms with Crippen molar-refractivity contribution in [1.82, 2.24) is 0 Å². The minimum Gasteiger partial charge on any atom is -0.490 e. The molecule has 27 heavy (non-hydrogen) atoms. The summed E-state index contributed by atoms with van der Waals surface area (Å²) in [7, 11) is 0. The van der Waals surface area contributed by atoms with Crippen LogP contribution in [0.3, 0.4) is 0 Å². The van der Waals surface area contributed by atoms with Gasteiger partial charge in [-0.3, -0.25) is 0 Å². The summed E-state index contributed by atoms with van der Waals surface area (Å²) >= 11 is 0. The van der Waals surface area contributed by atoms with Gasteiger partial charge in [-0.2, -0.15) is 0 Å². The van der Waals surface area contributed by atoms with Gasteiger partial charge in [0.1, 0.15) is 24.7 Å². The van der Waals surface area contributed by atoms with Gasteiger partial charge in [0, 0.05) is 0 Å². The van der Waals surface area contributed by atoms with Crippen molar-refractivity contribution in [2.45, 2.75) is 52.4 Å². The van der Waals surface area contributed by atoms with Gasteiger partial charge in [0.15, 0.2) is 0 Å². The lowest BCUT2D eigenvalue weighted by Crippen LogP contribution is -2.18. The highest BCUT2D eigenvalue weighted by Gasteiger charge is 2.23. The lowest BCUT2D eigenvalue weighted by Gasteiger charge is -2.27. The molecule has 0 aliphatic rings. The largest absolute Gasteiger partial charge is 0.490 e. The zero-order chi connectivity index (χ0) is 20.1. The van der Waals surface area contributed by atoms with Crippen LogP contribution in [0.5, 0.6) is 11.5 Å². The van der Waals surface area contributed by atoms with Gasteiger partial charge in [-0.25, -0.2) is 0 Å². The van der Waals surface area contributed by atoms with Crippen molar-refractivity contribution < 1.29 is 14.7 Å². The maximum atomic E-state index is 8.53. The van der Waals surface area contributed by atoms with E-state index >= 15 is 0 Å². The van der Waals surface area contributed by atoms with Crippen molar-refractivity contribution >= 4 is 6.21 Å². The van der Waals surface area contributed by atoms with Crippen molar-refractivity contribution in [2.24, 2.45) is 5.16 Å². The predicted molar refractivity (Wildman–Crippen MR) is 111 cm³/mol. The van der Waals surface area contributed by atoms with E-state index in [1.54, 1.807) is 0 Å². The number of oxime groups is 1. The molecule has 1 N–H and O–H groups in total. The molecule has 0 amide bonds. The van der Waals surface area contributed by atoms with Gasteiger partial charge in [-0.05, 0) is 57.9 Å². The lowest BCUT2D eigenvalue weighted by atomic mass is 9.80.